The number of nitrogens with two attached hydrogens (primary N) is 1. The second-order valence-electron chi connectivity index (χ2n) is 5.70. The maximum atomic E-state index is 13.1. The highest BCUT2D eigenvalue weighted by Gasteiger charge is 2.25. The number of amides is 1. The standard InChI is InChI=1S/C16H18ClFN2O2.ClH/c1-16(2,13-4-3-11(18)6-14(13)17)9-20-15(21)10-5-12(7-19)22-8-10;/h3-6,8H,7,9,19H2,1-2H3,(H,20,21);1H. The van der Waals surface area contributed by atoms with Crippen LogP contribution in [0.1, 0.15) is 35.5 Å². The quantitative estimate of drug-likeness (QED) is 0.854. The third-order valence-corrected chi connectivity index (χ3v) is 3.78. The van der Waals surface area contributed by atoms with Gasteiger partial charge in [0.15, 0.2) is 0 Å². The third-order valence-electron chi connectivity index (χ3n) is 3.47. The van der Waals surface area contributed by atoms with Crippen molar-refractivity contribution in [3.63, 3.8) is 0 Å². The third kappa shape index (κ3) is 4.70. The van der Waals surface area contributed by atoms with Gasteiger partial charge in [0.2, 0.25) is 0 Å². The van der Waals surface area contributed by atoms with Gasteiger partial charge in [-0.05, 0) is 23.8 Å². The van der Waals surface area contributed by atoms with Crippen molar-refractivity contribution in [2.75, 3.05) is 6.54 Å². The summed E-state index contributed by atoms with van der Waals surface area (Å²) in [6.45, 7) is 4.43. The Morgan fingerprint density at radius 2 is 2.09 bits per heavy atom. The van der Waals surface area contributed by atoms with Crippen LogP contribution in [0.15, 0.2) is 34.9 Å². The zero-order chi connectivity index (χ0) is 16.3. The highest BCUT2D eigenvalue weighted by Crippen LogP contribution is 2.30. The molecule has 0 aliphatic rings. The van der Waals surface area contributed by atoms with Crippen LogP contribution < -0.4 is 11.1 Å². The van der Waals surface area contributed by atoms with Crippen molar-refractivity contribution in [2.24, 2.45) is 5.73 Å². The Labute approximate surface area is 145 Å². The molecule has 0 saturated heterocycles. The fraction of sp³-hybridized carbons (Fsp3) is 0.312. The zero-order valence-corrected chi connectivity index (χ0v) is 14.4. The van der Waals surface area contributed by atoms with E-state index in [0.29, 0.717) is 22.9 Å². The van der Waals surface area contributed by atoms with Crippen molar-refractivity contribution in [1.29, 1.82) is 0 Å². The van der Waals surface area contributed by atoms with Gasteiger partial charge in [0.1, 0.15) is 17.8 Å². The first-order valence-corrected chi connectivity index (χ1v) is 7.22. The summed E-state index contributed by atoms with van der Waals surface area (Å²) < 4.78 is 18.3. The number of carbonyl (C=O) groups excluding carboxylic acids is 1. The Balaban J connectivity index is 0.00000264. The average molecular weight is 361 g/mol. The summed E-state index contributed by atoms with van der Waals surface area (Å²) >= 11 is 6.09. The molecular weight excluding hydrogens is 342 g/mol. The van der Waals surface area contributed by atoms with Crippen LogP contribution in [0.25, 0.3) is 0 Å². The molecule has 1 amide bonds. The van der Waals surface area contributed by atoms with E-state index in [-0.39, 0.29) is 30.7 Å². The Morgan fingerprint density at radius 1 is 1.39 bits per heavy atom. The minimum Gasteiger partial charge on any atom is -0.467 e. The Bertz CT molecular complexity index is 686. The van der Waals surface area contributed by atoms with Crippen molar-refractivity contribution in [3.8, 4) is 0 Å². The first-order valence-electron chi connectivity index (χ1n) is 6.84. The number of halogens is 3. The van der Waals surface area contributed by atoms with E-state index < -0.39 is 5.41 Å². The lowest BCUT2D eigenvalue weighted by atomic mass is 9.84. The first-order chi connectivity index (χ1) is 10.3. The molecule has 0 atom stereocenters. The predicted molar refractivity (Wildman–Crippen MR) is 90.6 cm³/mol. The summed E-state index contributed by atoms with van der Waals surface area (Å²) in [7, 11) is 0. The number of hydrogen-bond acceptors (Lipinski definition) is 3. The lowest BCUT2D eigenvalue weighted by molar-refractivity contribution is 0.0945. The molecule has 0 aliphatic heterocycles. The van der Waals surface area contributed by atoms with Crippen LogP contribution in [-0.4, -0.2) is 12.5 Å². The summed E-state index contributed by atoms with van der Waals surface area (Å²) in [5.41, 5.74) is 6.18. The molecular formula is C16H19Cl2FN2O2. The molecule has 3 N–H and O–H groups in total. The molecule has 0 saturated carbocycles. The second kappa shape index (κ2) is 7.81. The lowest BCUT2D eigenvalue weighted by Gasteiger charge is -2.26. The molecule has 0 unspecified atom stereocenters. The number of furan rings is 1. The van der Waals surface area contributed by atoms with Gasteiger partial charge in [-0.1, -0.05) is 31.5 Å². The zero-order valence-electron chi connectivity index (χ0n) is 12.9. The van der Waals surface area contributed by atoms with E-state index in [1.165, 1.54) is 18.4 Å². The lowest BCUT2D eigenvalue weighted by Crippen LogP contribution is -2.36. The second-order valence-corrected chi connectivity index (χ2v) is 6.10. The van der Waals surface area contributed by atoms with Crippen molar-refractivity contribution < 1.29 is 13.6 Å². The smallest absolute Gasteiger partial charge is 0.254 e. The van der Waals surface area contributed by atoms with Crippen molar-refractivity contribution >= 4 is 29.9 Å². The first kappa shape index (κ1) is 19.5. The summed E-state index contributed by atoms with van der Waals surface area (Å²) in [6, 6.07) is 5.86. The molecule has 0 radical (unpaired) electrons. The van der Waals surface area contributed by atoms with Crippen LogP contribution in [0.3, 0.4) is 0 Å². The molecule has 23 heavy (non-hydrogen) atoms. The van der Waals surface area contributed by atoms with E-state index in [9.17, 15) is 9.18 Å². The van der Waals surface area contributed by atoms with Gasteiger partial charge in [-0.2, -0.15) is 0 Å². The highest BCUT2D eigenvalue weighted by molar-refractivity contribution is 6.31. The van der Waals surface area contributed by atoms with E-state index >= 15 is 0 Å². The van der Waals surface area contributed by atoms with E-state index in [1.54, 1.807) is 12.1 Å². The van der Waals surface area contributed by atoms with Crippen LogP contribution in [0.5, 0.6) is 0 Å². The van der Waals surface area contributed by atoms with Crippen molar-refractivity contribution in [1.82, 2.24) is 5.32 Å². The molecule has 1 aromatic carbocycles. The van der Waals surface area contributed by atoms with E-state index in [0.717, 1.165) is 5.56 Å². The Hall–Kier alpha value is -1.56. The maximum absolute atomic E-state index is 13.1. The van der Waals surface area contributed by atoms with Crippen LogP contribution in [-0.2, 0) is 12.0 Å². The van der Waals surface area contributed by atoms with Gasteiger partial charge in [-0.25, -0.2) is 4.39 Å². The van der Waals surface area contributed by atoms with Crippen LogP contribution in [0.2, 0.25) is 5.02 Å². The predicted octanol–water partition coefficient (Wildman–Crippen LogP) is 3.66. The minimum atomic E-state index is -0.444. The van der Waals surface area contributed by atoms with Gasteiger partial charge in [0, 0.05) is 17.0 Å². The monoisotopic (exact) mass is 360 g/mol. The molecule has 0 aliphatic carbocycles. The number of rotatable bonds is 5. The molecule has 7 heteroatoms. The molecule has 1 heterocycles. The molecule has 126 valence electrons. The summed E-state index contributed by atoms with van der Waals surface area (Å²) in [5.74, 6) is -0.0953. The fourth-order valence-electron chi connectivity index (χ4n) is 2.14. The molecule has 2 aromatic rings. The maximum Gasteiger partial charge on any atom is 0.254 e. The molecule has 0 spiro atoms. The van der Waals surface area contributed by atoms with Crippen molar-refractivity contribution in [2.45, 2.75) is 25.8 Å². The van der Waals surface area contributed by atoms with Crippen LogP contribution in [0, 0.1) is 5.82 Å². The summed E-state index contributed by atoms with van der Waals surface area (Å²) in [4.78, 5) is 12.1. The molecule has 0 bridgehead atoms. The minimum absolute atomic E-state index is 0. The SMILES string of the molecule is CC(C)(CNC(=O)c1coc(CN)c1)c1ccc(F)cc1Cl.Cl. The molecule has 4 nitrogen and oxygen atoms in total. The average Bonchev–Trinajstić information content (AvgIpc) is 2.93. The van der Waals surface area contributed by atoms with Crippen molar-refractivity contribution in [3.05, 3.63) is 58.3 Å². The highest BCUT2D eigenvalue weighted by atomic mass is 35.5. The van der Waals surface area contributed by atoms with E-state index in [2.05, 4.69) is 5.32 Å². The molecule has 1 aromatic heterocycles. The van der Waals surface area contributed by atoms with Crippen LogP contribution in [0.4, 0.5) is 4.39 Å². The molecule has 0 fully saturated rings. The van der Waals surface area contributed by atoms with Gasteiger partial charge in [0.25, 0.3) is 5.91 Å². The normalized spacial score (nSPS) is 11.0. The van der Waals surface area contributed by atoms with E-state index in [4.69, 9.17) is 21.8 Å². The van der Waals surface area contributed by atoms with Gasteiger partial charge in [-0.3, -0.25) is 4.79 Å². The van der Waals surface area contributed by atoms with Gasteiger partial charge < -0.3 is 15.5 Å². The number of carbonyl (C=O) groups is 1. The van der Waals surface area contributed by atoms with Gasteiger partial charge in [-0.15, -0.1) is 12.4 Å². The summed E-state index contributed by atoms with van der Waals surface area (Å²) in [6.07, 6.45) is 1.37. The van der Waals surface area contributed by atoms with Gasteiger partial charge in [0.05, 0.1) is 12.1 Å². The number of nitrogens with one attached hydrogen (secondary N) is 1. The number of hydrogen-bond donors (Lipinski definition) is 2. The van der Waals surface area contributed by atoms with E-state index in [1.807, 2.05) is 13.8 Å². The Kier molecular flexibility index (Phi) is 6.62. The van der Waals surface area contributed by atoms with Gasteiger partial charge >= 0.3 is 0 Å². The number of benzene rings is 1. The fourth-order valence-corrected chi connectivity index (χ4v) is 2.57. The van der Waals surface area contributed by atoms with Crippen LogP contribution >= 0.6 is 24.0 Å². The molecule has 2 rings (SSSR count). The Morgan fingerprint density at radius 3 is 2.65 bits per heavy atom. The largest absolute Gasteiger partial charge is 0.467 e. The topological polar surface area (TPSA) is 68.3 Å². The summed E-state index contributed by atoms with van der Waals surface area (Å²) in [5, 5.41) is 3.17.